The van der Waals surface area contributed by atoms with E-state index in [9.17, 15) is 15.2 Å². The number of nitriles is 1. The maximum absolute atomic E-state index is 12.9. The Hall–Kier alpha value is -3.40. The third-order valence-electron chi connectivity index (χ3n) is 4.10. The number of phenolic OH excluding ortho intramolecular Hbond substituents is 1. The first kappa shape index (κ1) is 16.5. The maximum atomic E-state index is 12.9. The van der Waals surface area contributed by atoms with Gasteiger partial charge < -0.3 is 19.3 Å². The molecule has 128 valence electrons. The number of aromatic hydroxyl groups is 1. The van der Waals surface area contributed by atoms with Crippen LogP contribution in [0.1, 0.15) is 22.0 Å². The van der Waals surface area contributed by atoms with Gasteiger partial charge in [0.05, 0.1) is 33.0 Å². The van der Waals surface area contributed by atoms with Crippen LogP contribution in [0.2, 0.25) is 0 Å². The summed E-state index contributed by atoms with van der Waals surface area (Å²) >= 11 is 0. The summed E-state index contributed by atoms with van der Waals surface area (Å²) in [6, 6.07) is 8.86. The lowest BCUT2D eigenvalue weighted by molar-refractivity contribution is 0.0994. The van der Waals surface area contributed by atoms with E-state index in [1.807, 2.05) is 0 Å². The molecule has 0 aromatic heterocycles. The molecule has 7 heteroatoms. The van der Waals surface area contributed by atoms with Gasteiger partial charge in [0.25, 0.3) is 5.91 Å². The lowest BCUT2D eigenvalue weighted by Crippen LogP contribution is -2.26. The van der Waals surface area contributed by atoms with Gasteiger partial charge >= 0.3 is 0 Å². The van der Waals surface area contributed by atoms with Crippen LogP contribution in [0.3, 0.4) is 0 Å². The Morgan fingerprint density at radius 1 is 1.08 bits per heavy atom. The van der Waals surface area contributed by atoms with Gasteiger partial charge in [0.15, 0.2) is 17.5 Å². The molecule has 0 spiro atoms. The van der Waals surface area contributed by atoms with Crippen molar-refractivity contribution in [1.29, 1.82) is 5.26 Å². The Balaban J connectivity index is 2.24. The normalized spacial score (nSPS) is 15.5. The van der Waals surface area contributed by atoms with Crippen LogP contribution in [-0.2, 0) is 0 Å². The second-order valence-corrected chi connectivity index (χ2v) is 5.33. The largest absolute Gasteiger partial charge is 0.508 e. The third kappa shape index (κ3) is 2.39. The highest BCUT2D eigenvalue weighted by Crippen LogP contribution is 2.50. The van der Waals surface area contributed by atoms with Gasteiger partial charge in [-0.3, -0.25) is 9.69 Å². The molecule has 0 fully saturated rings. The zero-order chi connectivity index (χ0) is 18.1. The summed E-state index contributed by atoms with van der Waals surface area (Å²) in [5.41, 5.74) is 1.24. The Morgan fingerprint density at radius 3 is 2.24 bits per heavy atom. The average molecular weight is 340 g/mol. The number of fused-ring (bicyclic) bond motifs is 1. The molecule has 1 aliphatic rings. The number of rotatable bonds is 4. The van der Waals surface area contributed by atoms with Gasteiger partial charge in [0, 0.05) is 11.3 Å². The number of benzene rings is 2. The molecule has 0 saturated carbocycles. The monoisotopic (exact) mass is 340 g/mol. The van der Waals surface area contributed by atoms with Crippen molar-refractivity contribution < 1.29 is 24.1 Å². The zero-order valence-electron chi connectivity index (χ0n) is 13.9. The summed E-state index contributed by atoms with van der Waals surface area (Å²) in [5.74, 6) is 0.673. The first-order chi connectivity index (χ1) is 12.1. The van der Waals surface area contributed by atoms with Gasteiger partial charge in [-0.05, 0) is 30.3 Å². The Bertz CT molecular complexity index is 871. The van der Waals surface area contributed by atoms with Gasteiger partial charge in [0.1, 0.15) is 5.75 Å². The van der Waals surface area contributed by atoms with Crippen molar-refractivity contribution in [2.45, 2.75) is 6.04 Å². The summed E-state index contributed by atoms with van der Waals surface area (Å²) in [7, 11) is 4.37. The van der Waals surface area contributed by atoms with E-state index in [0.717, 1.165) is 0 Å². The number of phenols is 1. The molecule has 1 heterocycles. The van der Waals surface area contributed by atoms with Gasteiger partial charge in [-0.2, -0.15) is 5.26 Å². The predicted octanol–water partition coefficient (Wildman–Crippen LogP) is 2.64. The van der Waals surface area contributed by atoms with Crippen LogP contribution in [0, 0.1) is 11.3 Å². The van der Waals surface area contributed by atoms with E-state index in [1.54, 1.807) is 18.2 Å². The number of anilines is 1. The molecule has 0 saturated heterocycles. The first-order valence-electron chi connectivity index (χ1n) is 7.42. The highest BCUT2D eigenvalue weighted by atomic mass is 16.5. The van der Waals surface area contributed by atoms with E-state index < -0.39 is 6.04 Å². The van der Waals surface area contributed by atoms with E-state index in [2.05, 4.69) is 6.07 Å². The highest BCUT2D eigenvalue weighted by molar-refractivity contribution is 6.13. The number of carbonyl (C=O) groups is 1. The quantitative estimate of drug-likeness (QED) is 0.920. The van der Waals surface area contributed by atoms with Crippen molar-refractivity contribution in [3.8, 4) is 29.1 Å². The molecule has 0 aliphatic carbocycles. The molecule has 2 aromatic rings. The molecule has 2 aromatic carbocycles. The molecule has 1 aliphatic heterocycles. The zero-order valence-corrected chi connectivity index (χ0v) is 13.9. The summed E-state index contributed by atoms with van der Waals surface area (Å²) < 4.78 is 16.1. The van der Waals surface area contributed by atoms with Crippen LogP contribution in [0.5, 0.6) is 23.0 Å². The number of hydrogen-bond donors (Lipinski definition) is 1. The van der Waals surface area contributed by atoms with Crippen molar-refractivity contribution in [1.82, 2.24) is 0 Å². The summed E-state index contributed by atoms with van der Waals surface area (Å²) in [6.07, 6.45) is 0. The maximum Gasteiger partial charge on any atom is 0.260 e. The summed E-state index contributed by atoms with van der Waals surface area (Å²) in [6.45, 7) is 0. The molecule has 1 N–H and O–H groups in total. The minimum Gasteiger partial charge on any atom is -0.508 e. The highest BCUT2D eigenvalue weighted by Gasteiger charge is 2.42. The number of nitrogens with zero attached hydrogens (tertiary/aromatic N) is 2. The van der Waals surface area contributed by atoms with E-state index >= 15 is 0 Å². The fourth-order valence-electron chi connectivity index (χ4n) is 3.00. The number of carbonyl (C=O) groups excluding carboxylic acids is 1. The lowest BCUT2D eigenvalue weighted by Gasteiger charge is -2.21. The van der Waals surface area contributed by atoms with Crippen LogP contribution in [0.25, 0.3) is 0 Å². The topological polar surface area (TPSA) is 92.0 Å². The number of hydrogen-bond acceptors (Lipinski definition) is 6. The molecule has 0 radical (unpaired) electrons. The average Bonchev–Trinajstić information content (AvgIpc) is 2.92. The standard InChI is InChI=1S/C18H16N2O5/c1-23-14-8-12-15(17(25-3)16(14)24-2)13(9-19)20(18(12)22)10-4-6-11(21)7-5-10/h4-8,13,21H,1-3H3. The minimum atomic E-state index is -0.887. The van der Waals surface area contributed by atoms with Crippen LogP contribution in [0.15, 0.2) is 30.3 Å². The van der Waals surface area contributed by atoms with E-state index in [0.29, 0.717) is 28.3 Å². The number of methoxy groups -OCH3 is 3. The molecule has 1 atom stereocenters. The van der Waals surface area contributed by atoms with Crippen molar-refractivity contribution >= 4 is 11.6 Å². The SMILES string of the molecule is COc1cc2c(c(OC)c1OC)C(C#N)N(c1ccc(O)cc1)C2=O. The molecule has 1 unspecified atom stereocenters. The number of ether oxygens (including phenoxy) is 3. The molecule has 7 nitrogen and oxygen atoms in total. The van der Waals surface area contributed by atoms with Crippen LogP contribution in [0.4, 0.5) is 5.69 Å². The second kappa shape index (κ2) is 6.24. The molecule has 1 amide bonds. The van der Waals surface area contributed by atoms with Crippen molar-refractivity contribution in [2.75, 3.05) is 26.2 Å². The first-order valence-corrected chi connectivity index (χ1v) is 7.42. The van der Waals surface area contributed by atoms with E-state index in [4.69, 9.17) is 14.2 Å². The fourth-order valence-corrected chi connectivity index (χ4v) is 3.00. The number of amides is 1. The summed E-state index contributed by atoms with van der Waals surface area (Å²) in [4.78, 5) is 14.3. The van der Waals surface area contributed by atoms with Crippen LogP contribution >= 0.6 is 0 Å². The van der Waals surface area contributed by atoms with Crippen molar-refractivity contribution in [3.63, 3.8) is 0 Å². The van der Waals surface area contributed by atoms with Crippen molar-refractivity contribution in [3.05, 3.63) is 41.5 Å². The van der Waals surface area contributed by atoms with Crippen LogP contribution in [-0.4, -0.2) is 32.3 Å². The minimum absolute atomic E-state index is 0.0716. The molecular weight excluding hydrogens is 324 g/mol. The van der Waals surface area contributed by atoms with Crippen molar-refractivity contribution in [2.24, 2.45) is 0 Å². The Kier molecular flexibility index (Phi) is 4.11. The smallest absolute Gasteiger partial charge is 0.260 e. The van der Waals surface area contributed by atoms with E-state index in [-0.39, 0.29) is 17.4 Å². The fraction of sp³-hybridized carbons (Fsp3) is 0.222. The predicted molar refractivity (Wildman–Crippen MR) is 89.4 cm³/mol. The Morgan fingerprint density at radius 2 is 1.72 bits per heavy atom. The van der Waals surface area contributed by atoms with Gasteiger partial charge in [-0.25, -0.2) is 0 Å². The molecule has 3 rings (SSSR count). The lowest BCUT2D eigenvalue weighted by atomic mass is 10.0. The van der Waals surface area contributed by atoms with E-state index in [1.165, 1.54) is 38.4 Å². The second-order valence-electron chi connectivity index (χ2n) is 5.33. The molecule has 0 bridgehead atoms. The Labute approximate surface area is 144 Å². The third-order valence-corrected chi connectivity index (χ3v) is 4.10. The molecule has 25 heavy (non-hydrogen) atoms. The van der Waals surface area contributed by atoms with Gasteiger partial charge in [-0.15, -0.1) is 0 Å². The molecular formula is C18H16N2O5. The summed E-state index contributed by atoms with van der Waals surface area (Å²) in [5, 5.41) is 19.2. The van der Waals surface area contributed by atoms with Crippen LogP contribution < -0.4 is 19.1 Å². The van der Waals surface area contributed by atoms with Gasteiger partial charge in [-0.1, -0.05) is 0 Å². The van der Waals surface area contributed by atoms with Gasteiger partial charge in [0.2, 0.25) is 5.75 Å².